The summed E-state index contributed by atoms with van der Waals surface area (Å²) in [6.45, 7) is 0.455. The van der Waals surface area contributed by atoms with E-state index in [2.05, 4.69) is 10.6 Å². The van der Waals surface area contributed by atoms with Crippen molar-refractivity contribution >= 4 is 29.9 Å². The van der Waals surface area contributed by atoms with Crippen molar-refractivity contribution in [2.24, 2.45) is 11.7 Å². The standard InChI is InChI=1S/C15H19N3O2.ClH/c16-8-13(9-5-6-9)18-15(20)11-7-14(19)17-12-4-2-1-3-10(11)12;/h1-4,9,11,13H,5-8,16H2,(H,17,19)(H,18,20);1H. The molecule has 0 aromatic heterocycles. The average Bonchev–Trinajstić information content (AvgIpc) is 3.28. The van der Waals surface area contributed by atoms with E-state index in [0.717, 1.165) is 24.1 Å². The second kappa shape index (κ2) is 6.45. The molecule has 1 fully saturated rings. The summed E-state index contributed by atoms with van der Waals surface area (Å²) in [5, 5.41) is 5.82. The van der Waals surface area contributed by atoms with Gasteiger partial charge in [0.25, 0.3) is 0 Å². The number of amides is 2. The molecule has 1 aromatic carbocycles. The Morgan fingerprint density at radius 2 is 2.10 bits per heavy atom. The fourth-order valence-corrected chi connectivity index (χ4v) is 2.80. The smallest absolute Gasteiger partial charge is 0.228 e. The fraction of sp³-hybridized carbons (Fsp3) is 0.467. The van der Waals surface area contributed by atoms with Crippen molar-refractivity contribution in [3.05, 3.63) is 29.8 Å². The van der Waals surface area contributed by atoms with Crippen LogP contribution in [0.25, 0.3) is 0 Å². The van der Waals surface area contributed by atoms with E-state index in [1.54, 1.807) is 0 Å². The highest BCUT2D eigenvalue weighted by Gasteiger charge is 2.35. The number of halogens is 1. The minimum atomic E-state index is -0.409. The average molecular weight is 310 g/mol. The summed E-state index contributed by atoms with van der Waals surface area (Å²) < 4.78 is 0. The first kappa shape index (κ1) is 15.8. The molecule has 2 aliphatic rings. The Balaban J connectivity index is 0.00000161. The molecule has 1 heterocycles. The SMILES string of the molecule is Cl.NCC(NC(=O)C1CC(=O)Nc2ccccc21)C1CC1. The minimum Gasteiger partial charge on any atom is -0.351 e. The van der Waals surface area contributed by atoms with Crippen molar-refractivity contribution in [3.63, 3.8) is 0 Å². The van der Waals surface area contributed by atoms with E-state index in [0.29, 0.717) is 12.5 Å². The first-order valence-electron chi connectivity index (χ1n) is 7.08. The van der Waals surface area contributed by atoms with Gasteiger partial charge in [0.2, 0.25) is 11.8 Å². The van der Waals surface area contributed by atoms with E-state index < -0.39 is 5.92 Å². The lowest BCUT2D eigenvalue weighted by molar-refractivity contribution is -0.126. The molecule has 0 spiro atoms. The number of carbonyl (C=O) groups is 2. The number of rotatable bonds is 4. The monoisotopic (exact) mass is 309 g/mol. The normalized spacial score (nSPS) is 21.6. The molecule has 5 nitrogen and oxygen atoms in total. The molecule has 0 radical (unpaired) electrons. The van der Waals surface area contributed by atoms with Crippen molar-refractivity contribution < 1.29 is 9.59 Å². The summed E-state index contributed by atoms with van der Waals surface area (Å²) in [5.41, 5.74) is 7.34. The van der Waals surface area contributed by atoms with Crippen molar-refractivity contribution in [2.45, 2.75) is 31.2 Å². The highest BCUT2D eigenvalue weighted by molar-refractivity contribution is 6.01. The highest BCUT2D eigenvalue weighted by atomic mass is 35.5. The van der Waals surface area contributed by atoms with Crippen LogP contribution >= 0.6 is 12.4 Å². The Labute approximate surface area is 130 Å². The molecule has 4 N–H and O–H groups in total. The number of nitrogens with two attached hydrogens (primary N) is 1. The van der Waals surface area contributed by atoms with Crippen LogP contribution in [0.15, 0.2) is 24.3 Å². The zero-order valence-electron chi connectivity index (χ0n) is 11.7. The number of carbonyl (C=O) groups excluding carboxylic acids is 2. The quantitative estimate of drug-likeness (QED) is 0.786. The molecule has 1 aliphatic carbocycles. The van der Waals surface area contributed by atoms with Gasteiger partial charge in [0.05, 0.1) is 5.92 Å². The van der Waals surface area contributed by atoms with Gasteiger partial charge in [0.1, 0.15) is 0 Å². The zero-order chi connectivity index (χ0) is 14.1. The molecule has 0 bridgehead atoms. The van der Waals surface area contributed by atoms with E-state index in [9.17, 15) is 9.59 Å². The van der Waals surface area contributed by atoms with Crippen LogP contribution < -0.4 is 16.4 Å². The van der Waals surface area contributed by atoms with Gasteiger partial charge >= 0.3 is 0 Å². The van der Waals surface area contributed by atoms with Gasteiger partial charge in [-0.3, -0.25) is 9.59 Å². The molecule has 1 saturated carbocycles. The molecule has 114 valence electrons. The number of benzene rings is 1. The van der Waals surface area contributed by atoms with Crippen molar-refractivity contribution in [1.82, 2.24) is 5.32 Å². The van der Waals surface area contributed by atoms with E-state index in [1.165, 1.54) is 0 Å². The summed E-state index contributed by atoms with van der Waals surface area (Å²) >= 11 is 0. The Kier molecular flexibility index (Phi) is 4.85. The third kappa shape index (κ3) is 3.36. The van der Waals surface area contributed by atoms with Gasteiger partial charge in [-0.2, -0.15) is 0 Å². The predicted molar refractivity (Wildman–Crippen MR) is 83.4 cm³/mol. The molecule has 2 atom stereocenters. The van der Waals surface area contributed by atoms with Crippen LogP contribution in [-0.4, -0.2) is 24.4 Å². The third-order valence-corrected chi connectivity index (χ3v) is 4.09. The number of anilines is 1. The van der Waals surface area contributed by atoms with Gasteiger partial charge in [-0.05, 0) is 30.4 Å². The molecule has 21 heavy (non-hydrogen) atoms. The van der Waals surface area contributed by atoms with Gasteiger partial charge in [0.15, 0.2) is 0 Å². The van der Waals surface area contributed by atoms with E-state index in [4.69, 9.17) is 5.73 Å². The third-order valence-electron chi connectivity index (χ3n) is 4.09. The second-order valence-electron chi connectivity index (χ2n) is 5.58. The van der Waals surface area contributed by atoms with Crippen LogP contribution in [0.3, 0.4) is 0 Å². The first-order chi connectivity index (χ1) is 9.69. The minimum absolute atomic E-state index is 0. The van der Waals surface area contributed by atoms with Gasteiger partial charge < -0.3 is 16.4 Å². The Morgan fingerprint density at radius 3 is 2.76 bits per heavy atom. The predicted octanol–water partition coefficient (Wildman–Crippen LogP) is 1.39. The molecule has 3 rings (SSSR count). The lowest BCUT2D eigenvalue weighted by atomic mass is 9.89. The van der Waals surface area contributed by atoms with Crippen LogP contribution in [0.5, 0.6) is 0 Å². The van der Waals surface area contributed by atoms with Crippen LogP contribution in [0.1, 0.15) is 30.7 Å². The molecule has 6 heteroatoms. The topological polar surface area (TPSA) is 84.2 Å². The maximum Gasteiger partial charge on any atom is 0.228 e. The van der Waals surface area contributed by atoms with Gasteiger partial charge in [-0.25, -0.2) is 0 Å². The number of para-hydroxylation sites is 1. The number of hydrogen-bond donors (Lipinski definition) is 3. The Hall–Kier alpha value is -1.59. The molecule has 2 amide bonds. The van der Waals surface area contributed by atoms with E-state index >= 15 is 0 Å². The largest absolute Gasteiger partial charge is 0.351 e. The van der Waals surface area contributed by atoms with E-state index in [-0.39, 0.29) is 36.7 Å². The number of hydrogen-bond acceptors (Lipinski definition) is 3. The van der Waals surface area contributed by atoms with Crippen molar-refractivity contribution in [1.29, 1.82) is 0 Å². The second-order valence-corrected chi connectivity index (χ2v) is 5.58. The van der Waals surface area contributed by atoms with Crippen LogP contribution in [0.4, 0.5) is 5.69 Å². The van der Waals surface area contributed by atoms with Crippen LogP contribution in [0, 0.1) is 5.92 Å². The maximum absolute atomic E-state index is 12.5. The summed E-state index contributed by atoms with van der Waals surface area (Å²) in [7, 11) is 0. The summed E-state index contributed by atoms with van der Waals surface area (Å²) in [5.74, 6) is -0.0985. The first-order valence-corrected chi connectivity index (χ1v) is 7.08. The molecule has 2 unspecified atom stereocenters. The van der Waals surface area contributed by atoms with Crippen LogP contribution in [0.2, 0.25) is 0 Å². The van der Waals surface area contributed by atoms with Gasteiger partial charge in [-0.1, -0.05) is 18.2 Å². The zero-order valence-corrected chi connectivity index (χ0v) is 12.5. The highest BCUT2D eigenvalue weighted by Crippen LogP contribution is 2.35. The lowest BCUT2D eigenvalue weighted by Crippen LogP contribution is -2.45. The Bertz CT molecular complexity index is 545. The molecular weight excluding hydrogens is 290 g/mol. The number of nitrogens with one attached hydrogen (secondary N) is 2. The van der Waals surface area contributed by atoms with Crippen molar-refractivity contribution in [3.8, 4) is 0 Å². The van der Waals surface area contributed by atoms with Crippen molar-refractivity contribution in [2.75, 3.05) is 11.9 Å². The molecular formula is C15H20ClN3O2. The van der Waals surface area contributed by atoms with Gasteiger partial charge in [-0.15, -0.1) is 12.4 Å². The van der Waals surface area contributed by atoms with Crippen LogP contribution in [-0.2, 0) is 9.59 Å². The summed E-state index contributed by atoms with van der Waals surface area (Å²) in [4.78, 5) is 24.2. The maximum atomic E-state index is 12.5. The van der Waals surface area contributed by atoms with Gasteiger partial charge in [0, 0.05) is 24.7 Å². The Morgan fingerprint density at radius 1 is 1.38 bits per heavy atom. The number of fused-ring (bicyclic) bond motifs is 1. The lowest BCUT2D eigenvalue weighted by Gasteiger charge is -2.26. The molecule has 1 aliphatic heterocycles. The fourth-order valence-electron chi connectivity index (χ4n) is 2.80. The summed E-state index contributed by atoms with van der Waals surface area (Å²) in [6.07, 6.45) is 2.46. The summed E-state index contributed by atoms with van der Waals surface area (Å²) in [6, 6.07) is 7.51. The van der Waals surface area contributed by atoms with E-state index in [1.807, 2.05) is 24.3 Å². The molecule has 0 saturated heterocycles. The molecule has 1 aromatic rings.